The van der Waals surface area contributed by atoms with Crippen molar-refractivity contribution in [1.29, 1.82) is 0 Å². The first-order chi connectivity index (χ1) is 6.61. The summed E-state index contributed by atoms with van der Waals surface area (Å²) in [4.78, 5) is 6.48. The Hall–Kier alpha value is -0.450. The van der Waals surface area contributed by atoms with E-state index < -0.39 is 0 Å². The summed E-state index contributed by atoms with van der Waals surface area (Å²) in [6, 6.07) is 0. The quantitative estimate of drug-likeness (QED) is 0.809. The molecule has 1 N–H and O–H groups in total. The highest BCUT2D eigenvalue weighted by molar-refractivity contribution is 7.09. The van der Waals surface area contributed by atoms with Crippen LogP contribution in [0.25, 0.3) is 0 Å². The molecule has 0 fully saturated rings. The summed E-state index contributed by atoms with van der Waals surface area (Å²) in [5.74, 6) is 0. The molecule has 0 amide bonds. The zero-order valence-electron chi connectivity index (χ0n) is 9.03. The Morgan fingerprint density at radius 2 is 2.36 bits per heavy atom. The van der Waals surface area contributed by atoms with Gasteiger partial charge in [-0.05, 0) is 20.4 Å². The molecule has 14 heavy (non-hydrogen) atoms. The summed E-state index contributed by atoms with van der Waals surface area (Å²) in [6.45, 7) is 5.54. The minimum Gasteiger partial charge on any atom is -0.392 e. The number of aliphatic hydroxyl groups excluding tert-OH is 1. The highest BCUT2D eigenvalue weighted by Gasteiger charge is 2.07. The number of nitrogens with zero attached hydrogens (tertiary/aromatic N) is 2. The molecule has 1 rings (SSSR count). The number of hydrogen-bond acceptors (Lipinski definition) is 4. The molecule has 1 aromatic rings. The number of aromatic nitrogens is 1. The van der Waals surface area contributed by atoms with Crippen molar-refractivity contribution in [3.05, 3.63) is 16.1 Å². The minimum atomic E-state index is -0.221. The van der Waals surface area contributed by atoms with Crippen LogP contribution in [-0.2, 0) is 6.54 Å². The van der Waals surface area contributed by atoms with E-state index in [4.69, 9.17) is 0 Å². The molecular formula is C10H18N2OS. The van der Waals surface area contributed by atoms with E-state index in [1.54, 1.807) is 11.3 Å². The summed E-state index contributed by atoms with van der Waals surface area (Å²) >= 11 is 1.68. The number of aryl methyl sites for hydroxylation is 1. The van der Waals surface area contributed by atoms with Crippen molar-refractivity contribution in [1.82, 2.24) is 9.88 Å². The summed E-state index contributed by atoms with van der Waals surface area (Å²) in [6.07, 6.45) is 0.586. The predicted molar refractivity (Wildman–Crippen MR) is 59.5 cm³/mol. The average molecular weight is 214 g/mol. The van der Waals surface area contributed by atoms with Gasteiger partial charge in [-0.1, -0.05) is 6.92 Å². The lowest BCUT2D eigenvalue weighted by atomic mass is 10.2. The first-order valence-electron chi connectivity index (χ1n) is 4.89. The molecule has 0 saturated heterocycles. The van der Waals surface area contributed by atoms with Crippen LogP contribution in [0.1, 0.15) is 24.0 Å². The second-order valence-corrected chi connectivity index (χ2v) is 4.58. The molecule has 1 atom stereocenters. The van der Waals surface area contributed by atoms with E-state index in [1.807, 2.05) is 20.9 Å². The summed E-state index contributed by atoms with van der Waals surface area (Å²) in [5, 5.41) is 12.6. The number of rotatable bonds is 5. The minimum absolute atomic E-state index is 0.221. The Bertz CT molecular complexity index is 275. The van der Waals surface area contributed by atoms with E-state index in [-0.39, 0.29) is 6.10 Å². The van der Waals surface area contributed by atoms with Gasteiger partial charge in [0.05, 0.1) is 12.6 Å². The lowest BCUT2D eigenvalue weighted by Crippen LogP contribution is -2.28. The SMILES string of the molecule is CC[C@@H](O)CN(C)Cc1nc(C)cs1. The Morgan fingerprint density at radius 1 is 1.64 bits per heavy atom. The fourth-order valence-electron chi connectivity index (χ4n) is 1.26. The van der Waals surface area contributed by atoms with Crippen molar-refractivity contribution in [2.75, 3.05) is 13.6 Å². The molecule has 1 aromatic heterocycles. The molecule has 0 aliphatic rings. The van der Waals surface area contributed by atoms with E-state index in [0.717, 1.165) is 30.2 Å². The molecule has 0 bridgehead atoms. The van der Waals surface area contributed by atoms with Crippen LogP contribution in [0.3, 0.4) is 0 Å². The molecular weight excluding hydrogens is 196 g/mol. The van der Waals surface area contributed by atoms with Gasteiger partial charge in [0.25, 0.3) is 0 Å². The lowest BCUT2D eigenvalue weighted by molar-refractivity contribution is 0.119. The molecule has 0 unspecified atom stereocenters. The van der Waals surface area contributed by atoms with Crippen LogP contribution in [0.4, 0.5) is 0 Å². The second kappa shape index (κ2) is 5.44. The lowest BCUT2D eigenvalue weighted by Gasteiger charge is -2.18. The zero-order chi connectivity index (χ0) is 10.6. The van der Waals surface area contributed by atoms with Gasteiger partial charge in [0.2, 0.25) is 0 Å². The molecule has 0 aliphatic carbocycles. The third-order valence-corrected chi connectivity index (χ3v) is 3.02. The Labute approximate surface area is 89.4 Å². The van der Waals surface area contributed by atoms with E-state index >= 15 is 0 Å². The van der Waals surface area contributed by atoms with Crippen LogP contribution >= 0.6 is 11.3 Å². The molecule has 3 nitrogen and oxygen atoms in total. The second-order valence-electron chi connectivity index (χ2n) is 3.64. The molecule has 0 radical (unpaired) electrons. The molecule has 1 heterocycles. The van der Waals surface area contributed by atoms with Gasteiger partial charge in [0, 0.05) is 17.6 Å². The van der Waals surface area contributed by atoms with Gasteiger partial charge < -0.3 is 5.11 Å². The molecule has 4 heteroatoms. The van der Waals surface area contributed by atoms with Gasteiger partial charge in [0.1, 0.15) is 5.01 Å². The van der Waals surface area contributed by atoms with Crippen LogP contribution in [0.5, 0.6) is 0 Å². The van der Waals surface area contributed by atoms with E-state index in [1.165, 1.54) is 0 Å². The van der Waals surface area contributed by atoms with Crippen LogP contribution in [0.2, 0.25) is 0 Å². The zero-order valence-corrected chi connectivity index (χ0v) is 9.84. The van der Waals surface area contributed by atoms with Gasteiger partial charge in [-0.15, -0.1) is 11.3 Å². The van der Waals surface area contributed by atoms with Gasteiger partial charge in [-0.2, -0.15) is 0 Å². The first-order valence-corrected chi connectivity index (χ1v) is 5.77. The Kier molecular flexibility index (Phi) is 4.51. The third kappa shape index (κ3) is 3.74. The average Bonchev–Trinajstić information content (AvgIpc) is 2.50. The fourth-order valence-corrected chi connectivity index (χ4v) is 2.11. The third-order valence-electron chi connectivity index (χ3n) is 2.07. The summed E-state index contributed by atoms with van der Waals surface area (Å²) < 4.78 is 0. The number of likely N-dealkylation sites (N-methyl/N-ethyl adjacent to an activating group) is 1. The van der Waals surface area contributed by atoms with E-state index in [2.05, 4.69) is 15.3 Å². The number of aliphatic hydroxyl groups is 1. The van der Waals surface area contributed by atoms with E-state index in [9.17, 15) is 5.11 Å². The molecule has 0 spiro atoms. The Morgan fingerprint density at radius 3 is 2.86 bits per heavy atom. The normalized spacial score (nSPS) is 13.5. The van der Waals surface area contributed by atoms with Crippen molar-refractivity contribution in [3.63, 3.8) is 0 Å². The maximum atomic E-state index is 9.45. The monoisotopic (exact) mass is 214 g/mol. The van der Waals surface area contributed by atoms with Gasteiger partial charge in [-0.3, -0.25) is 4.90 Å². The highest BCUT2D eigenvalue weighted by Crippen LogP contribution is 2.10. The van der Waals surface area contributed by atoms with Crippen LogP contribution in [0, 0.1) is 6.92 Å². The highest BCUT2D eigenvalue weighted by atomic mass is 32.1. The van der Waals surface area contributed by atoms with E-state index in [0.29, 0.717) is 0 Å². The van der Waals surface area contributed by atoms with Crippen molar-refractivity contribution < 1.29 is 5.11 Å². The van der Waals surface area contributed by atoms with Gasteiger partial charge >= 0.3 is 0 Å². The summed E-state index contributed by atoms with van der Waals surface area (Å²) in [5.41, 5.74) is 1.08. The molecule has 0 aromatic carbocycles. The van der Waals surface area contributed by atoms with Gasteiger partial charge in [0.15, 0.2) is 0 Å². The van der Waals surface area contributed by atoms with Crippen molar-refractivity contribution >= 4 is 11.3 Å². The largest absolute Gasteiger partial charge is 0.392 e. The van der Waals surface area contributed by atoms with Gasteiger partial charge in [-0.25, -0.2) is 4.98 Å². The smallest absolute Gasteiger partial charge is 0.107 e. The molecule has 80 valence electrons. The summed E-state index contributed by atoms with van der Waals surface area (Å²) in [7, 11) is 2.01. The molecule has 0 saturated carbocycles. The topological polar surface area (TPSA) is 36.4 Å². The maximum Gasteiger partial charge on any atom is 0.107 e. The van der Waals surface area contributed by atoms with Crippen LogP contribution < -0.4 is 0 Å². The van der Waals surface area contributed by atoms with Crippen LogP contribution in [0.15, 0.2) is 5.38 Å². The first kappa shape index (κ1) is 11.6. The molecule has 0 aliphatic heterocycles. The van der Waals surface area contributed by atoms with Crippen LogP contribution in [-0.4, -0.2) is 34.7 Å². The van der Waals surface area contributed by atoms with Crippen molar-refractivity contribution in [2.45, 2.75) is 32.9 Å². The van der Waals surface area contributed by atoms with Crippen molar-refractivity contribution in [2.24, 2.45) is 0 Å². The number of hydrogen-bond donors (Lipinski definition) is 1. The van der Waals surface area contributed by atoms with Crippen molar-refractivity contribution in [3.8, 4) is 0 Å². The Balaban J connectivity index is 2.37. The predicted octanol–water partition coefficient (Wildman–Crippen LogP) is 1.65. The fraction of sp³-hybridized carbons (Fsp3) is 0.700. The number of thiazole rings is 1. The maximum absolute atomic E-state index is 9.45. The standard InChI is InChI=1S/C10H18N2OS/c1-4-9(13)5-12(3)6-10-11-8(2)7-14-10/h7,9,13H,4-6H2,1-3H3/t9-/m1/s1.